The smallest absolute Gasteiger partial charge is 0.188 e. The molecule has 0 radical (unpaired) electrons. The van der Waals surface area contributed by atoms with Crippen LogP contribution in [0.4, 0.5) is 0 Å². The van der Waals surface area contributed by atoms with E-state index in [0.717, 1.165) is 5.56 Å². The lowest BCUT2D eigenvalue weighted by Crippen LogP contribution is -1.91. The van der Waals surface area contributed by atoms with Gasteiger partial charge in [-0.25, -0.2) is 0 Å². The molecule has 4 nitrogen and oxygen atoms in total. The van der Waals surface area contributed by atoms with E-state index in [4.69, 9.17) is 9.88 Å². The first-order valence-corrected chi connectivity index (χ1v) is 6.79. The van der Waals surface area contributed by atoms with Crippen molar-refractivity contribution in [3.05, 3.63) is 96.8 Å². The van der Waals surface area contributed by atoms with Crippen LogP contribution < -0.4 is 4.89 Å². The normalized spacial score (nSPS) is 20.5. The average molecular weight is 292 g/mol. The molecule has 1 aromatic carbocycles. The van der Waals surface area contributed by atoms with Crippen molar-refractivity contribution >= 4 is 6.08 Å². The molecule has 0 aromatic heterocycles. The van der Waals surface area contributed by atoms with Crippen molar-refractivity contribution in [2.24, 2.45) is 10.4 Å². The first-order chi connectivity index (χ1) is 11.0. The Morgan fingerprint density at radius 3 is 2.09 bits per heavy atom. The molecule has 0 fully saturated rings. The van der Waals surface area contributed by atoms with E-state index in [1.54, 1.807) is 12.1 Å². The fraction of sp³-hybridized carbons (Fsp3) is 0. The third-order valence-corrected chi connectivity index (χ3v) is 2.56. The summed E-state index contributed by atoms with van der Waals surface area (Å²) in [5.74, 6) is 0.564. The number of hydrogen-bond donors (Lipinski definition) is 0. The van der Waals surface area contributed by atoms with Crippen LogP contribution in [-0.2, 0) is 4.99 Å². The second-order valence-electron chi connectivity index (χ2n) is 4.13. The largest absolute Gasteiger partial charge is 0.265 e. The molecular formula is C18H16N2O2. The molecule has 0 spiro atoms. The summed E-state index contributed by atoms with van der Waals surface area (Å²) in [7, 11) is 0. The summed E-state index contributed by atoms with van der Waals surface area (Å²) in [5.41, 5.74) is 0.880. The maximum Gasteiger partial charge on any atom is 0.188 e. The lowest BCUT2D eigenvalue weighted by atomic mass is 10.2. The minimum atomic E-state index is 0.564. The molecule has 0 saturated heterocycles. The summed E-state index contributed by atoms with van der Waals surface area (Å²) in [6.07, 6.45) is 22.4. The van der Waals surface area contributed by atoms with Gasteiger partial charge in [-0.3, -0.25) is 4.89 Å². The van der Waals surface area contributed by atoms with Gasteiger partial charge >= 0.3 is 0 Å². The minimum absolute atomic E-state index is 0.564. The van der Waals surface area contributed by atoms with Gasteiger partial charge in [0.15, 0.2) is 5.75 Å². The first kappa shape index (κ1) is 15.3. The molecule has 0 N–H and O–H groups in total. The number of allylic oxidation sites excluding steroid dienone is 10. The number of rotatable bonds is 0. The molecule has 22 heavy (non-hydrogen) atoms. The Bertz CT molecular complexity index is 665. The zero-order valence-electron chi connectivity index (χ0n) is 11.9. The molecule has 4 heteroatoms. The molecule has 1 aliphatic heterocycles. The lowest BCUT2D eigenvalue weighted by molar-refractivity contribution is -0.215. The van der Waals surface area contributed by atoms with Gasteiger partial charge in [-0.15, -0.1) is 10.1 Å². The molecule has 2 rings (SSSR count). The Balaban J connectivity index is 2.16. The van der Waals surface area contributed by atoms with Crippen LogP contribution in [0, 0.1) is 0 Å². The predicted molar refractivity (Wildman–Crippen MR) is 87.7 cm³/mol. The van der Waals surface area contributed by atoms with Crippen LogP contribution >= 0.6 is 0 Å². The third kappa shape index (κ3) is 5.88. The predicted octanol–water partition coefficient (Wildman–Crippen LogP) is 5.13. The summed E-state index contributed by atoms with van der Waals surface area (Å²) in [6, 6.07) is 7.49. The van der Waals surface area contributed by atoms with Crippen molar-refractivity contribution in [2.45, 2.75) is 0 Å². The van der Waals surface area contributed by atoms with Crippen LogP contribution in [0.5, 0.6) is 5.75 Å². The second kappa shape index (κ2) is 9.72. The molecular weight excluding hydrogens is 276 g/mol. The fourth-order valence-electron chi connectivity index (χ4n) is 1.56. The van der Waals surface area contributed by atoms with Crippen LogP contribution in [0.3, 0.4) is 0 Å². The van der Waals surface area contributed by atoms with Crippen molar-refractivity contribution in [3.8, 4) is 5.75 Å². The van der Waals surface area contributed by atoms with Gasteiger partial charge in [-0.1, -0.05) is 79.0 Å². The highest BCUT2D eigenvalue weighted by Gasteiger charge is 2.00. The molecule has 1 heterocycles. The SMILES string of the molecule is C1=C/C=C\C=C/N=NOOc2ccccc2/C=C/C=C/C=C1. The van der Waals surface area contributed by atoms with Crippen LogP contribution in [0.2, 0.25) is 0 Å². The van der Waals surface area contributed by atoms with Gasteiger partial charge in [-0.05, 0) is 12.1 Å². The van der Waals surface area contributed by atoms with Gasteiger partial charge < -0.3 is 0 Å². The molecule has 110 valence electrons. The summed E-state index contributed by atoms with van der Waals surface area (Å²) in [4.78, 5) is 9.83. The van der Waals surface area contributed by atoms with Crippen molar-refractivity contribution < 1.29 is 9.88 Å². The lowest BCUT2D eigenvalue weighted by Gasteiger charge is -2.02. The zero-order valence-corrected chi connectivity index (χ0v) is 11.9. The van der Waals surface area contributed by atoms with Crippen LogP contribution in [0.1, 0.15) is 5.56 Å². The van der Waals surface area contributed by atoms with E-state index in [0.29, 0.717) is 5.75 Å². The Hall–Kier alpha value is -3.14. The second-order valence-corrected chi connectivity index (χ2v) is 4.13. The zero-order chi connectivity index (χ0) is 15.3. The number of hydrogen-bond acceptors (Lipinski definition) is 4. The Morgan fingerprint density at radius 2 is 1.32 bits per heavy atom. The van der Waals surface area contributed by atoms with Crippen LogP contribution in [-0.4, -0.2) is 0 Å². The molecule has 0 aliphatic carbocycles. The summed E-state index contributed by atoms with van der Waals surface area (Å²) in [5, 5.41) is 7.13. The molecule has 0 atom stereocenters. The van der Waals surface area contributed by atoms with Crippen LogP contribution in [0.15, 0.2) is 102 Å². The quantitative estimate of drug-likeness (QED) is 0.622. The van der Waals surface area contributed by atoms with Gasteiger partial charge in [0.2, 0.25) is 0 Å². The molecule has 1 aromatic rings. The summed E-state index contributed by atoms with van der Waals surface area (Å²) < 4.78 is 0. The van der Waals surface area contributed by atoms with E-state index < -0.39 is 0 Å². The van der Waals surface area contributed by atoms with Gasteiger partial charge in [0.1, 0.15) is 0 Å². The number of fused-ring (bicyclic) bond motifs is 1. The Kier molecular flexibility index (Phi) is 6.74. The highest BCUT2D eigenvalue weighted by atomic mass is 17.3. The molecule has 0 saturated carbocycles. The van der Waals surface area contributed by atoms with Crippen molar-refractivity contribution in [1.29, 1.82) is 0 Å². The maximum absolute atomic E-state index is 5.12. The molecule has 0 amide bonds. The van der Waals surface area contributed by atoms with Gasteiger partial charge in [-0.2, -0.15) is 0 Å². The summed E-state index contributed by atoms with van der Waals surface area (Å²) >= 11 is 0. The summed E-state index contributed by atoms with van der Waals surface area (Å²) in [6.45, 7) is 0. The maximum atomic E-state index is 5.12. The van der Waals surface area contributed by atoms with Crippen molar-refractivity contribution in [3.63, 3.8) is 0 Å². The van der Waals surface area contributed by atoms with Crippen LogP contribution in [0.25, 0.3) is 6.08 Å². The highest BCUT2D eigenvalue weighted by molar-refractivity contribution is 5.58. The van der Waals surface area contributed by atoms with Gasteiger partial charge in [0.05, 0.1) is 11.5 Å². The third-order valence-electron chi connectivity index (χ3n) is 2.56. The number of para-hydroxylation sites is 1. The van der Waals surface area contributed by atoms with Crippen molar-refractivity contribution in [1.82, 2.24) is 0 Å². The standard InChI is InChI=1S/C18H16N2O2/c1-2-4-6-8-12-16-19-20-22-21-18-15-11-10-14-17(18)13-9-7-5-3-1/h1-16H/b3-1?,4-2?,7-5+,8-6-,13-9+,16-12-,20-19?. The van der Waals surface area contributed by atoms with E-state index in [1.165, 1.54) is 6.20 Å². The Labute approximate surface area is 129 Å². The van der Waals surface area contributed by atoms with E-state index in [1.807, 2.05) is 79.0 Å². The van der Waals surface area contributed by atoms with E-state index in [-0.39, 0.29) is 0 Å². The Morgan fingerprint density at radius 1 is 0.682 bits per heavy atom. The monoisotopic (exact) mass is 292 g/mol. The molecule has 0 unspecified atom stereocenters. The van der Waals surface area contributed by atoms with Crippen molar-refractivity contribution in [2.75, 3.05) is 0 Å². The molecule has 0 bridgehead atoms. The number of nitrogens with zero attached hydrogens (tertiary/aromatic N) is 2. The first-order valence-electron chi connectivity index (χ1n) is 6.79. The molecule has 1 aliphatic rings. The van der Waals surface area contributed by atoms with E-state index in [9.17, 15) is 0 Å². The fourth-order valence-corrected chi connectivity index (χ4v) is 1.56. The highest BCUT2D eigenvalue weighted by Crippen LogP contribution is 2.19. The minimum Gasteiger partial charge on any atom is -0.265 e. The van der Waals surface area contributed by atoms with Gasteiger partial charge in [0.25, 0.3) is 0 Å². The van der Waals surface area contributed by atoms with E-state index >= 15 is 0 Å². The van der Waals surface area contributed by atoms with Gasteiger partial charge in [0, 0.05) is 5.56 Å². The number of benzene rings is 1. The van der Waals surface area contributed by atoms with E-state index in [2.05, 4.69) is 10.4 Å². The topological polar surface area (TPSA) is 43.2 Å². The average Bonchev–Trinajstić information content (AvgIpc) is 2.55.